The summed E-state index contributed by atoms with van der Waals surface area (Å²) in [6, 6.07) is 0. The molecule has 2 atom stereocenters. The highest BCUT2D eigenvalue weighted by molar-refractivity contribution is 6.16. The molecule has 0 saturated carbocycles. The fourth-order valence-corrected chi connectivity index (χ4v) is 3.20. The van der Waals surface area contributed by atoms with Crippen LogP contribution in [-0.2, 0) is 16.2 Å². The number of ether oxygens (including phenoxy) is 1. The second kappa shape index (κ2) is 8.13. The number of aliphatic hydroxyl groups is 1. The largest absolute Gasteiger partial charge is 0.385 e. The van der Waals surface area contributed by atoms with Crippen LogP contribution in [0.1, 0.15) is 43.6 Å². The van der Waals surface area contributed by atoms with E-state index >= 15 is 0 Å². The second-order valence-corrected chi connectivity index (χ2v) is 6.08. The smallest absolute Gasteiger partial charge is 0.138 e. The summed E-state index contributed by atoms with van der Waals surface area (Å²) >= 11 is 5.84. The van der Waals surface area contributed by atoms with Crippen molar-refractivity contribution in [1.82, 2.24) is 15.3 Å². The van der Waals surface area contributed by atoms with Crippen molar-refractivity contribution in [3.63, 3.8) is 0 Å². The lowest BCUT2D eigenvalue weighted by molar-refractivity contribution is -0.0502. The van der Waals surface area contributed by atoms with Crippen LogP contribution in [0, 0.1) is 5.92 Å². The van der Waals surface area contributed by atoms with E-state index < -0.39 is 5.60 Å². The van der Waals surface area contributed by atoms with Crippen LogP contribution in [-0.4, -0.2) is 41.9 Å². The van der Waals surface area contributed by atoms with E-state index in [-0.39, 0.29) is 5.92 Å². The van der Waals surface area contributed by atoms with E-state index in [0.29, 0.717) is 18.1 Å². The first-order chi connectivity index (χ1) is 10.2. The number of aromatic nitrogens is 2. The molecule has 6 heteroatoms. The number of piperidine rings is 1. The van der Waals surface area contributed by atoms with Gasteiger partial charge in [0.1, 0.15) is 11.4 Å². The zero-order valence-electron chi connectivity index (χ0n) is 12.7. The highest BCUT2D eigenvalue weighted by atomic mass is 35.5. The van der Waals surface area contributed by atoms with Gasteiger partial charge in [-0.3, -0.25) is 0 Å². The van der Waals surface area contributed by atoms with Crippen molar-refractivity contribution < 1.29 is 9.84 Å². The van der Waals surface area contributed by atoms with Crippen molar-refractivity contribution >= 4 is 11.6 Å². The fourth-order valence-electron chi connectivity index (χ4n) is 3.06. The lowest BCUT2D eigenvalue weighted by Gasteiger charge is -2.37. The van der Waals surface area contributed by atoms with Crippen molar-refractivity contribution in [1.29, 1.82) is 0 Å². The third-order valence-electron chi connectivity index (χ3n) is 4.31. The number of hydrogen-bond donors (Lipinski definition) is 3. The van der Waals surface area contributed by atoms with Gasteiger partial charge in [0.2, 0.25) is 0 Å². The maximum Gasteiger partial charge on any atom is 0.138 e. The molecule has 120 valence electrons. The number of unbranched alkanes of at least 4 members (excludes halogenated alkanes) is 1. The summed E-state index contributed by atoms with van der Waals surface area (Å²) in [5.41, 5.74) is -0.0587. The van der Waals surface area contributed by atoms with Gasteiger partial charge in [0.25, 0.3) is 0 Å². The Hall–Kier alpha value is -0.620. The zero-order valence-corrected chi connectivity index (χ0v) is 13.5. The van der Waals surface area contributed by atoms with Crippen molar-refractivity contribution in [3.05, 3.63) is 17.7 Å². The standard InChI is InChI=1S/C15H26ClN3O2/c1-21-8-3-2-6-15(20,12-5-4-7-17-10-12)14-18-11-13(9-16)19-14/h11-12,17,20H,2-10H2,1H3,(H,18,19). The van der Waals surface area contributed by atoms with Gasteiger partial charge in [-0.05, 0) is 38.6 Å². The third-order valence-corrected chi connectivity index (χ3v) is 4.60. The van der Waals surface area contributed by atoms with Crippen molar-refractivity contribution in [2.45, 2.75) is 43.6 Å². The number of methoxy groups -OCH3 is 1. The Kier molecular flexibility index (Phi) is 6.48. The van der Waals surface area contributed by atoms with Crippen LogP contribution in [0.3, 0.4) is 0 Å². The molecule has 2 unspecified atom stereocenters. The topological polar surface area (TPSA) is 70.2 Å². The number of imidazole rings is 1. The van der Waals surface area contributed by atoms with Gasteiger partial charge in [-0.2, -0.15) is 0 Å². The van der Waals surface area contributed by atoms with Crippen LogP contribution >= 0.6 is 11.6 Å². The quantitative estimate of drug-likeness (QED) is 0.508. The zero-order chi connectivity index (χ0) is 15.1. The van der Waals surface area contributed by atoms with Gasteiger partial charge in [-0.1, -0.05) is 0 Å². The summed E-state index contributed by atoms with van der Waals surface area (Å²) in [4.78, 5) is 7.57. The number of nitrogens with zero attached hydrogens (tertiary/aromatic N) is 1. The lowest BCUT2D eigenvalue weighted by Crippen LogP contribution is -2.45. The highest BCUT2D eigenvalue weighted by Crippen LogP contribution is 2.36. The molecule has 5 nitrogen and oxygen atoms in total. The van der Waals surface area contributed by atoms with Gasteiger partial charge in [-0.25, -0.2) is 4.98 Å². The maximum absolute atomic E-state index is 11.3. The lowest BCUT2D eigenvalue weighted by atomic mass is 9.78. The number of aromatic amines is 1. The minimum absolute atomic E-state index is 0.183. The Labute approximate surface area is 131 Å². The normalized spacial score (nSPS) is 22.1. The summed E-state index contributed by atoms with van der Waals surface area (Å²) in [5.74, 6) is 1.22. The first-order valence-corrected chi connectivity index (χ1v) is 8.26. The molecule has 21 heavy (non-hydrogen) atoms. The van der Waals surface area contributed by atoms with Gasteiger partial charge < -0.3 is 20.1 Å². The molecular formula is C15H26ClN3O2. The molecule has 0 aromatic carbocycles. The Balaban J connectivity index is 2.11. The van der Waals surface area contributed by atoms with Crippen molar-refractivity contribution in [2.24, 2.45) is 5.92 Å². The van der Waals surface area contributed by atoms with Crippen LogP contribution in [0.5, 0.6) is 0 Å². The van der Waals surface area contributed by atoms with E-state index in [4.69, 9.17) is 16.3 Å². The van der Waals surface area contributed by atoms with Crippen LogP contribution in [0.2, 0.25) is 0 Å². The van der Waals surface area contributed by atoms with Crippen molar-refractivity contribution in [3.8, 4) is 0 Å². The summed E-state index contributed by atoms with van der Waals surface area (Å²) < 4.78 is 5.09. The van der Waals surface area contributed by atoms with E-state index in [2.05, 4.69) is 15.3 Å². The summed E-state index contributed by atoms with van der Waals surface area (Å²) in [6.45, 7) is 2.59. The molecule has 1 aliphatic rings. The van der Waals surface area contributed by atoms with Gasteiger partial charge in [0, 0.05) is 38.1 Å². The molecular weight excluding hydrogens is 290 g/mol. The third kappa shape index (κ3) is 4.19. The summed E-state index contributed by atoms with van der Waals surface area (Å²) in [6.07, 6.45) is 6.38. The molecule has 1 saturated heterocycles. The average molecular weight is 316 g/mol. The molecule has 0 radical (unpaired) electrons. The summed E-state index contributed by atoms with van der Waals surface area (Å²) in [7, 11) is 1.70. The molecule has 0 bridgehead atoms. The number of halogens is 1. The number of alkyl halides is 1. The molecule has 0 amide bonds. The first-order valence-electron chi connectivity index (χ1n) is 7.73. The van der Waals surface area contributed by atoms with Gasteiger partial charge in [0.05, 0.1) is 5.88 Å². The minimum atomic E-state index is -0.911. The molecule has 1 aromatic heterocycles. The van der Waals surface area contributed by atoms with Crippen LogP contribution < -0.4 is 5.32 Å². The van der Waals surface area contributed by atoms with Gasteiger partial charge >= 0.3 is 0 Å². The fraction of sp³-hybridized carbons (Fsp3) is 0.800. The van der Waals surface area contributed by atoms with Crippen LogP contribution in [0.4, 0.5) is 0 Å². The molecule has 1 aromatic rings. The van der Waals surface area contributed by atoms with Crippen molar-refractivity contribution in [2.75, 3.05) is 26.8 Å². The first kappa shape index (κ1) is 16.7. The molecule has 0 spiro atoms. The van der Waals surface area contributed by atoms with Crippen LogP contribution in [0.15, 0.2) is 6.20 Å². The monoisotopic (exact) mass is 315 g/mol. The number of hydrogen-bond acceptors (Lipinski definition) is 4. The van der Waals surface area contributed by atoms with E-state index in [0.717, 1.165) is 51.1 Å². The predicted molar refractivity (Wildman–Crippen MR) is 83.4 cm³/mol. The Morgan fingerprint density at radius 2 is 2.38 bits per heavy atom. The Bertz CT molecular complexity index is 421. The molecule has 0 aliphatic carbocycles. The number of rotatable bonds is 8. The predicted octanol–water partition coefficient (Wildman–Crippen LogP) is 2.15. The number of H-pyrrole nitrogens is 1. The van der Waals surface area contributed by atoms with Crippen LogP contribution in [0.25, 0.3) is 0 Å². The molecule has 2 heterocycles. The van der Waals surface area contributed by atoms with E-state index in [1.807, 2.05) is 0 Å². The second-order valence-electron chi connectivity index (χ2n) is 5.81. The van der Waals surface area contributed by atoms with E-state index in [1.165, 1.54) is 0 Å². The highest BCUT2D eigenvalue weighted by Gasteiger charge is 2.40. The molecule has 3 N–H and O–H groups in total. The van der Waals surface area contributed by atoms with E-state index in [9.17, 15) is 5.11 Å². The molecule has 2 rings (SSSR count). The van der Waals surface area contributed by atoms with Gasteiger partial charge in [0.15, 0.2) is 0 Å². The summed E-state index contributed by atoms with van der Waals surface area (Å²) in [5, 5.41) is 14.7. The van der Waals surface area contributed by atoms with E-state index in [1.54, 1.807) is 13.3 Å². The Morgan fingerprint density at radius 1 is 1.52 bits per heavy atom. The minimum Gasteiger partial charge on any atom is -0.385 e. The van der Waals surface area contributed by atoms with Gasteiger partial charge in [-0.15, -0.1) is 11.6 Å². The number of nitrogens with one attached hydrogen (secondary N) is 2. The molecule has 1 fully saturated rings. The molecule has 1 aliphatic heterocycles. The SMILES string of the molecule is COCCCCC(O)(c1ncc(CCl)[nH]1)C1CCCNC1. The average Bonchev–Trinajstić information content (AvgIpc) is 3.02. The Morgan fingerprint density at radius 3 is 3.00 bits per heavy atom. The maximum atomic E-state index is 11.3.